The lowest BCUT2D eigenvalue weighted by atomic mass is 10.3. The van der Waals surface area contributed by atoms with Crippen LogP contribution in [0.2, 0.25) is 0 Å². The normalized spacial score (nSPS) is 11.8. The number of hydrogen-bond acceptors (Lipinski definition) is 6. The Kier molecular flexibility index (Phi) is 5.88. The number of nitro groups is 1. The second-order valence-corrected chi connectivity index (χ2v) is 10.2. The maximum Gasteiger partial charge on any atom is 0.290 e. The van der Waals surface area contributed by atoms with Crippen LogP contribution in [-0.2, 0) is 23.1 Å². The first kappa shape index (κ1) is 19.2. The smallest absolute Gasteiger partial charge is 0.258 e. The zero-order valence-electron chi connectivity index (χ0n) is 13.2. The van der Waals surface area contributed by atoms with Crippen molar-refractivity contribution in [3.63, 3.8) is 0 Å². The highest BCUT2D eigenvalue weighted by molar-refractivity contribution is 9.10. The molecule has 0 aliphatic rings. The molecule has 0 N–H and O–H groups in total. The van der Waals surface area contributed by atoms with Crippen molar-refractivity contribution in [3.8, 4) is 0 Å². The van der Waals surface area contributed by atoms with Crippen LogP contribution >= 0.6 is 38.6 Å². The molecule has 0 saturated carbocycles. The first-order valence-electron chi connectivity index (χ1n) is 7.37. The number of sulfonamides is 1. The van der Waals surface area contributed by atoms with E-state index in [1.807, 2.05) is 35.0 Å². The molecule has 10 heteroatoms. The molecule has 136 valence electrons. The number of nitro benzene ring substituents is 1. The van der Waals surface area contributed by atoms with Crippen LogP contribution in [0, 0.1) is 10.1 Å². The minimum absolute atomic E-state index is 0.158. The van der Waals surface area contributed by atoms with Crippen LogP contribution in [-0.4, -0.2) is 17.6 Å². The van der Waals surface area contributed by atoms with Gasteiger partial charge in [-0.05, 0) is 35.0 Å². The topological polar surface area (TPSA) is 80.5 Å². The number of thiophene rings is 2. The quantitative estimate of drug-likeness (QED) is 0.362. The van der Waals surface area contributed by atoms with Gasteiger partial charge in [0, 0.05) is 33.4 Å². The van der Waals surface area contributed by atoms with Gasteiger partial charge in [-0.2, -0.15) is 4.31 Å². The Morgan fingerprint density at radius 2 is 1.62 bits per heavy atom. The summed E-state index contributed by atoms with van der Waals surface area (Å²) in [6.07, 6.45) is 0. The van der Waals surface area contributed by atoms with E-state index in [1.54, 1.807) is 0 Å². The lowest BCUT2D eigenvalue weighted by Gasteiger charge is -2.21. The number of rotatable bonds is 7. The molecule has 2 heterocycles. The molecule has 0 radical (unpaired) electrons. The van der Waals surface area contributed by atoms with E-state index in [-0.39, 0.29) is 18.0 Å². The van der Waals surface area contributed by atoms with E-state index < -0.39 is 20.6 Å². The lowest BCUT2D eigenvalue weighted by Crippen LogP contribution is -2.30. The van der Waals surface area contributed by atoms with E-state index in [2.05, 4.69) is 15.9 Å². The molecule has 0 aliphatic carbocycles. The van der Waals surface area contributed by atoms with Crippen molar-refractivity contribution in [2.45, 2.75) is 18.0 Å². The van der Waals surface area contributed by atoms with E-state index in [0.29, 0.717) is 4.47 Å². The third-order valence-electron chi connectivity index (χ3n) is 3.56. The van der Waals surface area contributed by atoms with E-state index in [9.17, 15) is 18.5 Å². The molecule has 0 saturated heterocycles. The zero-order chi connectivity index (χ0) is 18.7. The summed E-state index contributed by atoms with van der Waals surface area (Å²) in [4.78, 5) is 12.1. The van der Waals surface area contributed by atoms with Gasteiger partial charge in [0.2, 0.25) is 0 Å². The van der Waals surface area contributed by atoms with Gasteiger partial charge in [-0.1, -0.05) is 28.1 Å². The van der Waals surface area contributed by atoms with Crippen molar-refractivity contribution in [2.24, 2.45) is 0 Å². The van der Waals surface area contributed by atoms with Gasteiger partial charge >= 0.3 is 0 Å². The number of benzene rings is 1. The van der Waals surface area contributed by atoms with Gasteiger partial charge in [0.1, 0.15) is 0 Å². The molecule has 0 amide bonds. The molecule has 0 spiro atoms. The highest BCUT2D eigenvalue weighted by atomic mass is 79.9. The van der Waals surface area contributed by atoms with Crippen LogP contribution in [0.4, 0.5) is 5.69 Å². The molecule has 1 aromatic carbocycles. The molecule has 2 aromatic heterocycles. The molecular weight excluding hydrogens is 460 g/mol. The summed E-state index contributed by atoms with van der Waals surface area (Å²) >= 11 is 6.04. The second kappa shape index (κ2) is 7.97. The fraction of sp³-hybridized carbons (Fsp3) is 0.125. The van der Waals surface area contributed by atoms with Crippen molar-refractivity contribution in [2.75, 3.05) is 0 Å². The van der Waals surface area contributed by atoms with Crippen LogP contribution in [0.15, 0.2) is 62.6 Å². The average molecular weight is 473 g/mol. The molecule has 0 bridgehead atoms. The second-order valence-electron chi connectivity index (χ2n) is 5.30. The van der Waals surface area contributed by atoms with Crippen molar-refractivity contribution < 1.29 is 13.3 Å². The van der Waals surface area contributed by atoms with Gasteiger partial charge in [-0.15, -0.1) is 22.7 Å². The van der Waals surface area contributed by atoms with Crippen LogP contribution in [0.1, 0.15) is 9.75 Å². The molecule has 0 fully saturated rings. The van der Waals surface area contributed by atoms with Crippen LogP contribution < -0.4 is 0 Å². The van der Waals surface area contributed by atoms with Crippen LogP contribution in [0.5, 0.6) is 0 Å². The molecule has 6 nitrogen and oxygen atoms in total. The van der Waals surface area contributed by atoms with E-state index in [0.717, 1.165) is 9.75 Å². The zero-order valence-corrected chi connectivity index (χ0v) is 17.3. The third-order valence-corrected chi connectivity index (χ3v) is 7.61. The maximum absolute atomic E-state index is 13.2. The fourth-order valence-corrected chi connectivity index (χ4v) is 5.85. The van der Waals surface area contributed by atoms with E-state index in [1.165, 1.54) is 45.2 Å². The van der Waals surface area contributed by atoms with Gasteiger partial charge in [-0.3, -0.25) is 10.1 Å². The molecule has 3 aromatic rings. The predicted octanol–water partition coefficient (Wildman–Crippen LogP) is 4.87. The summed E-state index contributed by atoms with van der Waals surface area (Å²) in [5.74, 6) is 0. The summed E-state index contributed by atoms with van der Waals surface area (Å²) < 4.78 is 28.2. The third kappa shape index (κ3) is 4.21. The predicted molar refractivity (Wildman–Crippen MR) is 106 cm³/mol. The van der Waals surface area contributed by atoms with Crippen molar-refractivity contribution in [1.29, 1.82) is 0 Å². The summed E-state index contributed by atoms with van der Waals surface area (Å²) in [5, 5.41) is 15.1. The Morgan fingerprint density at radius 3 is 2.08 bits per heavy atom. The number of halogens is 1. The van der Waals surface area contributed by atoms with Gasteiger partial charge in [0.05, 0.1) is 4.92 Å². The largest absolute Gasteiger partial charge is 0.290 e. The summed E-state index contributed by atoms with van der Waals surface area (Å²) in [6, 6.07) is 11.4. The number of hydrogen-bond donors (Lipinski definition) is 0. The highest BCUT2D eigenvalue weighted by Crippen LogP contribution is 2.32. The van der Waals surface area contributed by atoms with Gasteiger partial charge in [0.15, 0.2) is 4.90 Å². The van der Waals surface area contributed by atoms with Crippen molar-refractivity contribution in [3.05, 3.63) is 77.6 Å². The van der Waals surface area contributed by atoms with Crippen molar-refractivity contribution >= 4 is 54.3 Å². The number of nitrogens with zero attached hydrogens (tertiary/aromatic N) is 2. The summed E-state index contributed by atoms with van der Waals surface area (Å²) in [7, 11) is -4.06. The van der Waals surface area contributed by atoms with E-state index >= 15 is 0 Å². The lowest BCUT2D eigenvalue weighted by molar-refractivity contribution is -0.387. The molecule has 3 rings (SSSR count). The maximum atomic E-state index is 13.2. The minimum atomic E-state index is -4.06. The SMILES string of the molecule is O=[N+]([O-])c1cc(Br)ccc1S(=O)(=O)N(Cc1cccs1)Cc1cccs1. The summed E-state index contributed by atoms with van der Waals surface area (Å²) in [6.45, 7) is 0.316. The Morgan fingerprint density at radius 1 is 1.04 bits per heavy atom. The molecule has 0 atom stereocenters. The Bertz CT molecular complexity index is 966. The van der Waals surface area contributed by atoms with Gasteiger partial charge < -0.3 is 0 Å². The van der Waals surface area contributed by atoms with Crippen LogP contribution in [0.3, 0.4) is 0 Å². The first-order valence-corrected chi connectivity index (χ1v) is 11.4. The Hall–Kier alpha value is -1.59. The van der Waals surface area contributed by atoms with Crippen molar-refractivity contribution in [1.82, 2.24) is 4.31 Å². The van der Waals surface area contributed by atoms with Crippen LogP contribution in [0.25, 0.3) is 0 Å². The molecule has 0 aliphatic heterocycles. The molecule has 26 heavy (non-hydrogen) atoms. The van der Waals surface area contributed by atoms with E-state index in [4.69, 9.17) is 0 Å². The first-order chi connectivity index (χ1) is 12.4. The summed E-state index contributed by atoms with van der Waals surface area (Å²) in [5.41, 5.74) is -0.443. The Labute approximate surface area is 167 Å². The highest BCUT2D eigenvalue weighted by Gasteiger charge is 2.32. The Balaban J connectivity index is 2.05. The minimum Gasteiger partial charge on any atom is -0.258 e. The monoisotopic (exact) mass is 472 g/mol. The standard InChI is InChI=1S/C16H13BrN2O4S3/c17-12-5-6-16(15(9-12)19(20)21)26(22,23)18(10-13-3-1-7-24-13)11-14-4-2-8-25-14/h1-9H,10-11H2. The molecular formula is C16H13BrN2O4S3. The average Bonchev–Trinajstić information content (AvgIpc) is 3.27. The van der Waals surface area contributed by atoms with Gasteiger partial charge in [0.25, 0.3) is 15.7 Å². The molecule has 0 unspecified atom stereocenters. The fourth-order valence-electron chi connectivity index (χ4n) is 2.37. The van der Waals surface area contributed by atoms with Gasteiger partial charge in [-0.25, -0.2) is 8.42 Å².